The summed E-state index contributed by atoms with van der Waals surface area (Å²) < 4.78 is 0. The van der Waals surface area contributed by atoms with Crippen molar-refractivity contribution >= 4 is 23.5 Å². The standard InChI is InChI=1S/C16H12N2O7/c19-14(17-8-9-1-3-10(4-2-9)15(20)21)13-7-11(18(24)25)5-6-12(13)16(22)23/h1-7H,8H2,(H,17,19)(H,20,21)(H,22,23). The van der Waals surface area contributed by atoms with Crippen LogP contribution in [0.5, 0.6) is 0 Å². The van der Waals surface area contributed by atoms with Gasteiger partial charge in [0.2, 0.25) is 0 Å². The van der Waals surface area contributed by atoms with E-state index in [1.165, 1.54) is 24.3 Å². The molecule has 1 amide bonds. The third kappa shape index (κ3) is 4.16. The molecule has 0 unspecified atom stereocenters. The number of nitrogens with zero attached hydrogens (tertiary/aromatic N) is 1. The molecule has 9 heteroatoms. The summed E-state index contributed by atoms with van der Waals surface area (Å²) in [6, 6.07) is 8.61. The van der Waals surface area contributed by atoms with Gasteiger partial charge in [-0.2, -0.15) is 0 Å². The Morgan fingerprint density at radius 2 is 1.60 bits per heavy atom. The number of aromatic carboxylic acids is 2. The molecule has 0 aliphatic heterocycles. The fraction of sp³-hybridized carbons (Fsp3) is 0.0625. The highest BCUT2D eigenvalue weighted by atomic mass is 16.6. The van der Waals surface area contributed by atoms with Gasteiger partial charge in [0.25, 0.3) is 11.6 Å². The molecular weight excluding hydrogens is 332 g/mol. The number of carbonyl (C=O) groups excluding carboxylic acids is 1. The lowest BCUT2D eigenvalue weighted by atomic mass is 10.1. The average molecular weight is 344 g/mol. The van der Waals surface area contributed by atoms with Crippen LogP contribution in [0.4, 0.5) is 5.69 Å². The van der Waals surface area contributed by atoms with Crippen molar-refractivity contribution < 1.29 is 29.5 Å². The molecule has 0 saturated carbocycles. The zero-order chi connectivity index (χ0) is 18.6. The Labute approximate surface area is 140 Å². The van der Waals surface area contributed by atoms with Gasteiger partial charge in [-0.25, -0.2) is 9.59 Å². The van der Waals surface area contributed by atoms with Gasteiger partial charge in [0.1, 0.15) is 0 Å². The predicted octanol–water partition coefficient (Wildman–Crippen LogP) is 1.92. The molecule has 0 bridgehead atoms. The van der Waals surface area contributed by atoms with E-state index in [0.717, 1.165) is 18.2 Å². The minimum atomic E-state index is -1.38. The highest BCUT2D eigenvalue weighted by Gasteiger charge is 2.20. The van der Waals surface area contributed by atoms with E-state index in [2.05, 4.69) is 5.32 Å². The molecule has 0 aliphatic rings. The summed E-state index contributed by atoms with van der Waals surface area (Å²) in [4.78, 5) is 44.2. The fourth-order valence-corrected chi connectivity index (χ4v) is 2.06. The molecule has 0 aromatic heterocycles. The second-order valence-electron chi connectivity index (χ2n) is 4.98. The first kappa shape index (κ1) is 17.6. The first-order valence-corrected chi connectivity index (χ1v) is 6.91. The summed E-state index contributed by atoms with van der Waals surface area (Å²) in [5.41, 5.74) is -0.420. The van der Waals surface area contributed by atoms with E-state index in [9.17, 15) is 24.5 Å². The van der Waals surface area contributed by atoms with Gasteiger partial charge >= 0.3 is 11.9 Å². The number of rotatable bonds is 6. The molecule has 2 aromatic rings. The summed E-state index contributed by atoms with van der Waals surface area (Å²) in [7, 11) is 0. The lowest BCUT2D eigenvalue weighted by Crippen LogP contribution is -2.25. The van der Waals surface area contributed by atoms with Crippen molar-refractivity contribution in [2.45, 2.75) is 6.54 Å². The van der Waals surface area contributed by atoms with Gasteiger partial charge in [-0.15, -0.1) is 0 Å². The first-order valence-electron chi connectivity index (χ1n) is 6.91. The second kappa shape index (κ2) is 7.21. The summed E-state index contributed by atoms with van der Waals surface area (Å²) in [5.74, 6) is -3.26. The van der Waals surface area contributed by atoms with E-state index in [4.69, 9.17) is 10.2 Å². The molecule has 25 heavy (non-hydrogen) atoms. The largest absolute Gasteiger partial charge is 0.478 e. The van der Waals surface area contributed by atoms with E-state index in [1.54, 1.807) is 0 Å². The summed E-state index contributed by atoms with van der Waals surface area (Å²) in [6.45, 7) is 0.000479. The smallest absolute Gasteiger partial charge is 0.336 e. The number of carbonyl (C=O) groups is 3. The number of nitro benzene ring substituents is 1. The maximum Gasteiger partial charge on any atom is 0.336 e. The van der Waals surface area contributed by atoms with Crippen molar-refractivity contribution in [3.8, 4) is 0 Å². The molecule has 9 nitrogen and oxygen atoms in total. The van der Waals surface area contributed by atoms with E-state index in [-0.39, 0.29) is 23.2 Å². The number of carboxylic acids is 2. The number of hydrogen-bond donors (Lipinski definition) is 3. The SMILES string of the molecule is O=C(O)c1ccc(CNC(=O)c2cc([N+](=O)[O-])ccc2C(=O)O)cc1. The number of hydrogen-bond acceptors (Lipinski definition) is 5. The Hall–Kier alpha value is -3.75. The molecular formula is C16H12N2O7. The highest BCUT2D eigenvalue weighted by Crippen LogP contribution is 2.18. The number of nitrogens with one attached hydrogen (secondary N) is 1. The average Bonchev–Trinajstić information content (AvgIpc) is 2.59. The number of carboxylic acid groups (broad SMARTS) is 2. The van der Waals surface area contributed by atoms with Gasteiger partial charge in [0.15, 0.2) is 0 Å². The van der Waals surface area contributed by atoms with Crippen molar-refractivity contribution in [3.05, 3.63) is 74.8 Å². The molecule has 0 radical (unpaired) electrons. The lowest BCUT2D eigenvalue weighted by molar-refractivity contribution is -0.384. The Bertz CT molecular complexity index is 859. The van der Waals surface area contributed by atoms with Gasteiger partial charge in [-0.3, -0.25) is 14.9 Å². The van der Waals surface area contributed by atoms with Gasteiger partial charge < -0.3 is 15.5 Å². The molecule has 0 aliphatic carbocycles. The minimum absolute atomic E-state index is 0.000479. The molecule has 128 valence electrons. The van der Waals surface area contributed by atoms with Crippen molar-refractivity contribution in [2.24, 2.45) is 0 Å². The first-order chi connectivity index (χ1) is 11.8. The van der Waals surface area contributed by atoms with Crippen LogP contribution in [0, 0.1) is 10.1 Å². The van der Waals surface area contributed by atoms with Crippen molar-refractivity contribution in [1.29, 1.82) is 0 Å². The Morgan fingerprint density at radius 1 is 0.960 bits per heavy atom. The van der Waals surface area contributed by atoms with Gasteiger partial charge in [-0.1, -0.05) is 12.1 Å². The van der Waals surface area contributed by atoms with Crippen LogP contribution in [0.15, 0.2) is 42.5 Å². The topological polar surface area (TPSA) is 147 Å². The van der Waals surface area contributed by atoms with E-state index < -0.39 is 28.5 Å². The third-order valence-corrected chi connectivity index (χ3v) is 3.34. The van der Waals surface area contributed by atoms with Crippen molar-refractivity contribution in [1.82, 2.24) is 5.32 Å². The maximum atomic E-state index is 12.2. The molecule has 2 aromatic carbocycles. The Morgan fingerprint density at radius 3 is 2.12 bits per heavy atom. The van der Waals surface area contributed by atoms with Crippen LogP contribution in [-0.4, -0.2) is 33.0 Å². The van der Waals surface area contributed by atoms with Gasteiger partial charge in [-0.05, 0) is 23.8 Å². The molecule has 0 saturated heterocycles. The molecule has 0 atom stereocenters. The number of non-ortho nitro benzene ring substituents is 1. The maximum absolute atomic E-state index is 12.2. The van der Waals surface area contributed by atoms with Crippen LogP contribution in [-0.2, 0) is 6.54 Å². The van der Waals surface area contributed by atoms with Crippen LogP contribution >= 0.6 is 0 Å². The van der Waals surface area contributed by atoms with Crippen LogP contribution in [0.25, 0.3) is 0 Å². The normalized spacial score (nSPS) is 10.1. The number of nitro groups is 1. The summed E-state index contributed by atoms with van der Waals surface area (Å²) >= 11 is 0. The Kier molecular flexibility index (Phi) is 5.08. The molecule has 2 rings (SSSR count). The lowest BCUT2D eigenvalue weighted by Gasteiger charge is -2.08. The quantitative estimate of drug-likeness (QED) is 0.535. The molecule has 0 heterocycles. The Balaban J connectivity index is 2.19. The summed E-state index contributed by atoms with van der Waals surface area (Å²) in [5, 5.41) is 31.2. The molecule has 0 fully saturated rings. The van der Waals surface area contributed by atoms with Gasteiger partial charge in [0.05, 0.1) is 21.6 Å². The zero-order valence-corrected chi connectivity index (χ0v) is 12.6. The third-order valence-electron chi connectivity index (χ3n) is 3.34. The minimum Gasteiger partial charge on any atom is -0.478 e. The predicted molar refractivity (Wildman–Crippen MR) is 84.6 cm³/mol. The van der Waals surface area contributed by atoms with Crippen LogP contribution < -0.4 is 5.32 Å². The summed E-state index contributed by atoms with van der Waals surface area (Å²) in [6.07, 6.45) is 0. The van der Waals surface area contributed by atoms with Crippen LogP contribution in [0.3, 0.4) is 0 Å². The van der Waals surface area contributed by atoms with E-state index in [1.807, 2.05) is 0 Å². The zero-order valence-electron chi connectivity index (χ0n) is 12.6. The number of benzene rings is 2. The van der Waals surface area contributed by atoms with Crippen LogP contribution in [0.2, 0.25) is 0 Å². The monoisotopic (exact) mass is 344 g/mol. The second-order valence-corrected chi connectivity index (χ2v) is 4.98. The highest BCUT2D eigenvalue weighted by molar-refractivity contribution is 6.05. The molecule has 0 spiro atoms. The van der Waals surface area contributed by atoms with E-state index in [0.29, 0.717) is 5.56 Å². The van der Waals surface area contributed by atoms with Crippen molar-refractivity contribution in [3.63, 3.8) is 0 Å². The van der Waals surface area contributed by atoms with Crippen molar-refractivity contribution in [2.75, 3.05) is 0 Å². The van der Waals surface area contributed by atoms with E-state index >= 15 is 0 Å². The molecule has 3 N–H and O–H groups in total. The van der Waals surface area contributed by atoms with Gasteiger partial charge in [0, 0.05) is 18.7 Å². The fourth-order valence-electron chi connectivity index (χ4n) is 2.06. The number of amides is 1. The van der Waals surface area contributed by atoms with Crippen LogP contribution in [0.1, 0.15) is 36.6 Å².